The molecule has 0 aliphatic rings. The van der Waals surface area contributed by atoms with E-state index >= 15 is 0 Å². The molecule has 1 aromatic carbocycles. The highest BCUT2D eigenvalue weighted by Gasteiger charge is 2.22. The van der Waals surface area contributed by atoms with E-state index in [1.807, 2.05) is 68.6 Å². The molecule has 1 N–H and O–H groups in total. The summed E-state index contributed by atoms with van der Waals surface area (Å²) in [5.41, 5.74) is 1.68. The molecule has 0 saturated carbocycles. The van der Waals surface area contributed by atoms with E-state index in [-0.39, 0.29) is 23.6 Å². The molecule has 2 aromatic heterocycles. The molecule has 0 fully saturated rings. The van der Waals surface area contributed by atoms with Gasteiger partial charge in [0.2, 0.25) is 11.8 Å². The third-order valence-electron chi connectivity index (χ3n) is 4.61. The molecule has 0 spiro atoms. The number of nitrogens with zero attached hydrogens (tertiary/aromatic N) is 5. The summed E-state index contributed by atoms with van der Waals surface area (Å²) in [5.74, 6) is 1.29. The topological polar surface area (TPSA) is 89.1 Å². The van der Waals surface area contributed by atoms with Gasteiger partial charge >= 0.3 is 0 Å². The van der Waals surface area contributed by atoms with Gasteiger partial charge in [-0.05, 0) is 51.2 Å². The number of hydrogen-bond acceptors (Lipinski definition) is 7. The number of amides is 1. The van der Waals surface area contributed by atoms with Crippen LogP contribution in [-0.2, 0) is 4.79 Å². The Morgan fingerprint density at radius 1 is 1.23 bits per heavy atom. The second kappa shape index (κ2) is 9.63. The van der Waals surface area contributed by atoms with Crippen LogP contribution >= 0.6 is 23.4 Å². The van der Waals surface area contributed by atoms with E-state index in [0.717, 1.165) is 17.2 Å². The van der Waals surface area contributed by atoms with Crippen molar-refractivity contribution >= 4 is 35.2 Å². The van der Waals surface area contributed by atoms with Crippen LogP contribution in [0, 0.1) is 0 Å². The number of hydrogen-bond donors (Lipinski definition) is 1. The van der Waals surface area contributed by atoms with Gasteiger partial charge < -0.3 is 4.52 Å². The van der Waals surface area contributed by atoms with Crippen LogP contribution in [0.5, 0.6) is 0 Å². The van der Waals surface area contributed by atoms with Crippen LogP contribution in [0.25, 0.3) is 5.69 Å². The summed E-state index contributed by atoms with van der Waals surface area (Å²) >= 11 is 7.35. The number of anilines is 1. The Labute approximate surface area is 185 Å². The van der Waals surface area contributed by atoms with Gasteiger partial charge in [-0.15, -0.1) is 10.2 Å². The molecule has 10 heteroatoms. The highest BCUT2D eigenvalue weighted by molar-refractivity contribution is 7.99. The molecule has 0 aliphatic heterocycles. The number of aromatic nitrogens is 4. The van der Waals surface area contributed by atoms with Crippen LogP contribution in [0.2, 0.25) is 5.02 Å². The van der Waals surface area contributed by atoms with E-state index in [9.17, 15) is 4.79 Å². The normalized spacial score (nSPS) is 12.5. The molecule has 8 nitrogen and oxygen atoms in total. The van der Waals surface area contributed by atoms with E-state index in [2.05, 4.69) is 20.7 Å². The van der Waals surface area contributed by atoms with Gasteiger partial charge in [0, 0.05) is 16.8 Å². The summed E-state index contributed by atoms with van der Waals surface area (Å²) in [4.78, 5) is 14.5. The third-order valence-corrected chi connectivity index (χ3v) is 5.79. The van der Waals surface area contributed by atoms with E-state index in [1.54, 1.807) is 6.07 Å². The highest BCUT2D eigenvalue weighted by Crippen LogP contribution is 2.27. The van der Waals surface area contributed by atoms with Gasteiger partial charge in [-0.2, -0.15) is 0 Å². The molecule has 160 valence electrons. The van der Waals surface area contributed by atoms with Gasteiger partial charge in [0.25, 0.3) is 0 Å². The summed E-state index contributed by atoms with van der Waals surface area (Å²) in [6.45, 7) is 6.07. The maximum Gasteiger partial charge on any atom is 0.237 e. The lowest BCUT2D eigenvalue weighted by molar-refractivity contribution is -0.113. The number of nitrogens with one attached hydrogen (secondary N) is 1. The van der Waals surface area contributed by atoms with Gasteiger partial charge in [-0.25, -0.2) is 0 Å². The van der Waals surface area contributed by atoms with Crippen LogP contribution in [0.1, 0.15) is 44.2 Å². The van der Waals surface area contributed by atoms with Gasteiger partial charge in [0.05, 0.1) is 17.5 Å². The first-order valence-electron chi connectivity index (χ1n) is 9.53. The number of carbonyl (C=O) groups excluding carboxylic acids is 1. The lowest BCUT2D eigenvalue weighted by Crippen LogP contribution is -2.21. The average Bonchev–Trinajstić information content (AvgIpc) is 3.33. The quantitative estimate of drug-likeness (QED) is 0.511. The second-order valence-electron chi connectivity index (χ2n) is 7.40. The van der Waals surface area contributed by atoms with Gasteiger partial charge in [0.15, 0.2) is 11.0 Å². The standard InChI is InChI=1S/C20H25ClN6O2S/c1-12(2)16-10-18(29-25-16)22-17(28)11-30-20-24-23-19(13(3)26(4)5)27(20)15-8-6-14(21)7-9-15/h6-10,12-13H,11H2,1-5H3,(H,22,28). The molecule has 0 aliphatic carbocycles. The van der Waals surface area contributed by atoms with Crippen LogP contribution < -0.4 is 5.32 Å². The van der Waals surface area contributed by atoms with Crippen molar-refractivity contribution < 1.29 is 9.32 Å². The molecule has 3 aromatic rings. The molecule has 0 radical (unpaired) electrons. The molecular formula is C20H25ClN6O2S. The maximum absolute atomic E-state index is 12.4. The van der Waals surface area contributed by atoms with E-state index in [4.69, 9.17) is 16.1 Å². The zero-order valence-corrected chi connectivity index (χ0v) is 19.2. The van der Waals surface area contributed by atoms with E-state index in [0.29, 0.717) is 16.1 Å². The molecular weight excluding hydrogens is 424 g/mol. The first kappa shape index (κ1) is 22.3. The van der Waals surface area contributed by atoms with Crippen LogP contribution in [0.15, 0.2) is 40.0 Å². The fourth-order valence-electron chi connectivity index (χ4n) is 2.63. The van der Waals surface area contributed by atoms with Gasteiger partial charge in [-0.3, -0.25) is 19.6 Å². The number of halogens is 1. The number of benzene rings is 1. The molecule has 1 atom stereocenters. The number of carbonyl (C=O) groups is 1. The summed E-state index contributed by atoms with van der Waals surface area (Å²) in [5, 5.41) is 16.7. The minimum absolute atomic E-state index is 0.0278. The Kier molecular flexibility index (Phi) is 7.17. The zero-order chi connectivity index (χ0) is 21.8. The van der Waals surface area contributed by atoms with Crippen molar-refractivity contribution in [2.24, 2.45) is 0 Å². The fourth-order valence-corrected chi connectivity index (χ4v) is 3.52. The van der Waals surface area contributed by atoms with Crippen molar-refractivity contribution in [2.45, 2.75) is 37.9 Å². The minimum atomic E-state index is -0.209. The SMILES string of the molecule is CC(C)c1cc(NC(=O)CSc2nnc(C(C)N(C)C)n2-c2ccc(Cl)cc2)on1. The summed E-state index contributed by atoms with van der Waals surface area (Å²) in [7, 11) is 3.96. The smallest absolute Gasteiger partial charge is 0.237 e. The molecule has 3 rings (SSSR count). The number of thioether (sulfide) groups is 1. The van der Waals surface area contributed by atoms with Gasteiger partial charge in [-0.1, -0.05) is 42.4 Å². The maximum atomic E-state index is 12.4. The second-order valence-corrected chi connectivity index (χ2v) is 8.78. The zero-order valence-electron chi connectivity index (χ0n) is 17.6. The molecule has 2 heterocycles. The Morgan fingerprint density at radius 3 is 2.53 bits per heavy atom. The summed E-state index contributed by atoms with van der Waals surface area (Å²) in [6, 6.07) is 9.21. The average molecular weight is 449 g/mol. The minimum Gasteiger partial charge on any atom is -0.338 e. The molecule has 0 saturated heterocycles. The van der Waals surface area contributed by atoms with Crippen LogP contribution in [-0.4, -0.2) is 50.6 Å². The highest BCUT2D eigenvalue weighted by atomic mass is 35.5. The summed E-state index contributed by atoms with van der Waals surface area (Å²) in [6.07, 6.45) is 0. The van der Waals surface area contributed by atoms with Gasteiger partial charge in [0.1, 0.15) is 0 Å². The molecule has 30 heavy (non-hydrogen) atoms. The third kappa shape index (κ3) is 5.21. The van der Waals surface area contributed by atoms with Crippen molar-refractivity contribution in [1.29, 1.82) is 0 Å². The first-order valence-corrected chi connectivity index (χ1v) is 10.9. The first-order chi connectivity index (χ1) is 14.3. The predicted octanol–water partition coefficient (Wildman–Crippen LogP) is 4.39. The largest absolute Gasteiger partial charge is 0.338 e. The Bertz CT molecular complexity index is 999. The van der Waals surface area contributed by atoms with Crippen molar-refractivity contribution in [1.82, 2.24) is 24.8 Å². The lowest BCUT2D eigenvalue weighted by Gasteiger charge is -2.20. The van der Waals surface area contributed by atoms with Crippen LogP contribution in [0.3, 0.4) is 0 Å². The van der Waals surface area contributed by atoms with E-state index in [1.165, 1.54) is 11.8 Å². The molecule has 0 bridgehead atoms. The van der Waals surface area contributed by atoms with Crippen molar-refractivity contribution in [2.75, 3.05) is 25.2 Å². The fraction of sp³-hybridized carbons (Fsp3) is 0.400. The van der Waals surface area contributed by atoms with Crippen molar-refractivity contribution in [3.8, 4) is 5.69 Å². The Morgan fingerprint density at radius 2 is 1.93 bits per heavy atom. The van der Waals surface area contributed by atoms with Crippen LogP contribution in [0.4, 0.5) is 5.88 Å². The van der Waals surface area contributed by atoms with Crippen molar-refractivity contribution in [3.05, 3.63) is 46.9 Å². The van der Waals surface area contributed by atoms with Crippen molar-refractivity contribution in [3.63, 3.8) is 0 Å². The van der Waals surface area contributed by atoms with E-state index < -0.39 is 0 Å². The molecule has 1 amide bonds. The summed E-state index contributed by atoms with van der Waals surface area (Å²) < 4.78 is 7.12. The Hall–Kier alpha value is -2.36. The Balaban J connectivity index is 1.77. The number of rotatable bonds is 8. The monoisotopic (exact) mass is 448 g/mol. The predicted molar refractivity (Wildman–Crippen MR) is 118 cm³/mol. The molecule has 1 unspecified atom stereocenters. The lowest BCUT2D eigenvalue weighted by atomic mass is 10.1.